The maximum Gasteiger partial charge on any atom is 0.418 e. The lowest BCUT2D eigenvalue weighted by atomic mass is 10.0. The molecule has 2 aromatic heterocycles. The molecule has 1 aliphatic carbocycles. The van der Waals surface area contributed by atoms with Crippen LogP contribution in [-0.2, 0) is 10.9 Å². The van der Waals surface area contributed by atoms with Gasteiger partial charge < -0.3 is 4.74 Å². The Labute approximate surface area is 123 Å². The fraction of sp³-hybridized carbons (Fsp3) is 0.357. The second-order valence-corrected chi connectivity index (χ2v) is 5.04. The first-order chi connectivity index (χ1) is 10.4. The molecule has 1 aliphatic rings. The van der Waals surface area contributed by atoms with Crippen LogP contribution in [0.1, 0.15) is 34.9 Å². The molecule has 0 aliphatic heterocycles. The molecule has 0 unspecified atom stereocenters. The van der Waals surface area contributed by atoms with E-state index in [1.165, 1.54) is 6.20 Å². The fourth-order valence-electron chi connectivity index (χ4n) is 2.15. The van der Waals surface area contributed by atoms with Gasteiger partial charge in [0.2, 0.25) is 0 Å². The molecule has 0 N–H and O–H groups in total. The van der Waals surface area contributed by atoms with E-state index >= 15 is 0 Å². The Morgan fingerprint density at radius 1 is 1.36 bits per heavy atom. The van der Waals surface area contributed by atoms with Crippen molar-refractivity contribution in [1.82, 2.24) is 14.8 Å². The van der Waals surface area contributed by atoms with Gasteiger partial charge in [-0.2, -0.15) is 18.3 Å². The second kappa shape index (κ2) is 5.11. The Kier molecular flexibility index (Phi) is 3.38. The third-order valence-corrected chi connectivity index (χ3v) is 3.44. The topological polar surface area (TPSA) is 57.0 Å². The normalized spacial score (nSPS) is 14.9. The summed E-state index contributed by atoms with van der Waals surface area (Å²) in [6.45, 7) is 0. The molecule has 0 spiro atoms. The Morgan fingerprint density at radius 3 is 2.68 bits per heavy atom. The van der Waals surface area contributed by atoms with Crippen LogP contribution in [0.15, 0.2) is 24.7 Å². The maximum atomic E-state index is 13.1. The first-order valence-corrected chi connectivity index (χ1v) is 6.60. The number of carbonyl (C=O) groups is 1. The first-order valence-electron chi connectivity index (χ1n) is 6.60. The third-order valence-electron chi connectivity index (χ3n) is 3.44. The van der Waals surface area contributed by atoms with E-state index < -0.39 is 17.7 Å². The minimum Gasteiger partial charge on any atom is -0.464 e. The van der Waals surface area contributed by atoms with Gasteiger partial charge in [0, 0.05) is 23.5 Å². The second-order valence-electron chi connectivity index (χ2n) is 5.04. The minimum atomic E-state index is -4.57. The third kappa shape index (κ3) is 2.68. The molecule has 2 heterocycles. The van der Waals surface area contributed by atoms with Crippen LogP contribution in [-0.4, -0.2) is 27.8 Å². The number of alkyl halides is 3. The molecular weight excluding hydrogens is 299 g/mol. The van der Waals surface area contributed by atoms with Gasteiger partial charge in [0.25, 0.3) is 0 Å². The van der Waals surface area contributed by atoms with E-state index in [0.29, 0.717) is 11.8 Å². The highest BCUT2D eigenvalue weighted by atomic mass is 19.4. The smallest absolute Gasteiger partial charge is 0.418 e. The van der Waals surface area contributed by atoms with Crippen LogP contribution in [0.25, 0.3) is 11.1 Å². The molecule has 0 radical (unpaired) electrons. The Hall–Kier alpha value is -2.38. The predicted molar refractivity (Wildman–Crippen MR) is 70.1 cm³/mol. The average Bonchev–Trinajstić information content (AvgIpc) is 3.22. The van der Waals surface area contributed by atoms with Gasteiger partial charge in [-0.25, -0.2) is 9.78 Å². The van der Waals surface area contributed by atoms with Gasteiger partial charge in [0.05, 0.1) is 24.9 Å². The molecule has 0 atom stereocenters. The van der Waals surface area contributed by atoms with Crippen molar-refractivity contribution in [2.24, 2.45) is 0 Å². The summed E-state index contributed by atoms with van der Waals surface area (Å²) in [6.07, 6.45) is 0.940. The number of carbonyl (C=O) groups excluding carboxylic acids is 1. The molecule has 0 aromatic carbocycles. The number of nitrogens with zero attached hydrogens (tertiary/aromatic N) is 3. The minimum absolute atomic E-state index is 0.130. The zero-order valence-electron chi connectivity index (χ0n) is 11.6. The predicted octanol–water partition coefficient (Wildman–Crippen LogP) is 3.09. The van der Waals surface area contributed by atoms with Gasteiger partial charge in [-0.3, -0.25) is 4.68 Å². The van der Waals surface area contributed by atoms with E-state index in [1.54, 1.807) is 10.9 Å². The number of methoxy groups -OCH3 is 1. The first kappa shape index (κ1) is 14.6. The van der Waals surface area contributed by atoms with Crippen molar-refractivity contribution in [3.05, 3.63) is 35.9 Å². The highest BCUT2D eigenvalue weighted by Crippen LogP contribution is 2.39. The average molecular weight is 311 g/mol. The number of pyridine rings is 1. The molecule has 0 bridgehead atoms. The van der Waals surface area contributed by atoms with Gasteiger partial charge in [-0.1, -0.05) is 0 Å². The summed E-state index contributed by atoms with van der Waals surface area (Å²) < 4.78 is 45.6. The Morgan fingerprint density at radius 2 is 2.09 bits per heavy atom. The van der Waals surface area contributed by atoms with Crippen molar-refractivity contribution in [2.75, 3.05) is 7.11 Å². The largest absolute Gasteiger partial charge is 0.464 e. The fourth-order valence-corrected chi connectivity index (χ4v) is 2.15. The monoisotopic (exact) mass is 311 g/mol. The maximum absolute atomic E-state index is 13.1. The summed E-state index contributed by atoms with van der Waals surface area (Å²) in [5.74, 6) is -0.787. The molecule has 3 rings (SSSR count). The number of hydrogen-bond acceptors (Lipinski definition) is 4. The summed E-state index contributed by atoms with van der Waals surface area (Å²) in [7, 11) is 1.15. The van der Waals surface area contributed by atoms with E-state index in [2.05, 4.69) is 14.8 Å². The van der Waals surface area contributed by atoms with Crippen LogP contribution in [0, 0.1) is 0 Å². The molecule has 0 amide bonds. The van der Waals surface area contributed by atoms with Crippen molar-refractivity contribution >= 4 is 5.97 Å². The molecule has 0 saturated heterocycles. The summed E-state index contributed by atoms with van der Waals surface area (Å²) in [5.41, 5.74) is -0.915. The van der Waals surface area contributed by atoms with Crippen LogP contribution in [0.3, 0.4) is 0 Å². The highest BCUT2D eigenvalue weighted by Gasteiger charge is 2.35. The summed E-state index contributed by atoms with van der Waals surface area (Å²) >= 11 is 0. The zero-order valence-corrected chi connectivity index (χ0v) is 11.6. The van der Waals surface area contributed by atoms with Crippen molar-refractivity contribution in [3.8, 4) is 11.1 Å². The molecule has 1 saturated carbocycles. The molecule has 116 valence electrons. The summed E-state index contributed by atoms with van der Waals surface area (Å²) in [5, 5.41) is 4.09. The number of esters is 1. The molecule has 8 heteroatoms. The van der Waals surface area contributed by atoms with E-state index in [-0.39, 0.29) is 17.3 Å². The lowest BCUT2D eigenvalue weighted by molar-refractivity contribution is -0.137. The molecule has 22 heavy (non-hydrogen) atoms. The van der Waals surface area contributed by atoms with E-state index in [9.17, 15) is 18.0 Å². The molecule has 2 aromatic rings. The van der Waals surface area contributed by atoms with Crippen molar-refractivity contribution in [3.63, 3.8) is 0 Å². The van der Waals surface area contributed by atoms with Crippen LogP contribution in [0.5, 0.6) is 0 Å². The van der Waals surface area contributed by atoms with Crippen LogP contribution in [0.2, 0.25) is 0 Å². The van der Waals surface area contributed by atoms with Gasteiger partial charge in [0.1, 0.15) is 5.69 Å². The van der Waals surface area contributed by atoms with Crippen LogP contribution >= 0.6 is 0 Å². The summed E-state index contributed by atoms with van der Waals surface area (Å²) in [4.78, 5) is 15.0. The Balaban J connectivity index is 2.09. The lowest BCUT2D eigenvalue weighted by Crippen LogP contribution is -2.11. The number of hydrogen-bond donors (Lipinski definition) is 0. The molecule has 1 fully saturated rings. The highest BCUT2D eigenvalue weighted by molar-refractivity contribution is 5.89. The standard InChI is InChI=1S/C14H12F3N3O2/c1-22-13(21)12-4-10(11(6-18-12)14(15,16)17)8-5-19-20(7-8)9-2-3-9/h4-7,9H,2-3H2,1H3. The van der Waals surface area contributed by atoms with Gasteiger partial charge in [-0.05, 0) is 18.9 Å². The van der Waals surface area contributed by atoms with E-state index in [0.717, 1.165) is 26.0 Å². The SMILES string of the molecule is COC(=O)c1cc(-c2cnn(C3CC3)c2)c(C(F)(F)F)cn1. The van der Waals surface area contributed by atoms with Crippen molar-refractivity contribution in [1.29, 1.82) is 0 Å². The van der Waals surface area contributed by atoms with Gasteiger partial charge in [0.15, 0.2) is 0 Å². The van der Waals surface area contributed by atoms with Gasteiger partial charge in [-0.15, -0.1) is 0 Å². The van der Waals surface area contributed by atoms with E-state index in [4.69, 9.17) is 0 Å². The van der Waals surface area contributed by atoms with Crippen LogP contribution in [0.4, 0.5) is 13.2 Å². The van der Waals surface area contributed by atoms with Crippen molar-refractivity contribution in [2.45, 2.75) is 25.1 Å². The zero-order chi connectivity index (χ0) is 15.9. The van der Waals surface area contributed by atoms with E-state index in [1.807, 2.05) is 0 Å². The number of rotatable bonds is 3. The molecular formula is C14H12F3N3O2. The lowest BCUT2D eigenvalue weighted by Gasteiger charge is -2.12. The van der Waals surface area contributed by atoms with Crippen LogP contribution < -0.4 is 0 Å². The Bertz CT molecular complexity index is 720. The van der Waals surface area contributed by atoms with Gasteiger partial charge >= 0.3 is 12.1 Å². The number of aromatic nitrogens is 3. The number of ether oxygens (including phenoxy) is 1. The van der Waals surface area contributed by atoms with Crippen molar-refractivity contribution < 1.29 is 22.7 Å². The quantitative estimate of drug-likeness (QED) is 0.817. The molecule has 5 nitrogen and oxygen atoms in total. The number of halogens is 3. The summed E-state index contributed by atoms with van der Waals surface area (Å²) in [6, 6.07) is 1.34.